The van der Waals surface area contributed by atoms with Crippen LogP contribution in [0, 0.1) is 13.8 Å². The van der Waals surface area contributed by atoms with Gasteiger partial charge in [0.2, 0.25) is 0 Å². The van der Waals surface area contributed by atoms with Crippen molar-refractivity contribution in [3.8, 4) is 5.75 Å². The first-order valence-corrected chi connectivity index (χ1v) is 9.73. The predicted molar refractivity (Wildman–Crippen MR) is 114 cm³/mol. The predicted octanol–water partition coefficient (Wildman–Crippen LogP) is 4.56. The molecular formula is C23H24NOP. The van der Waals surface area contributed by atoms with Crippen molar-refractivity contribution in [3.05, 3.63) is 89.0 Å². The van der Waals surface area contributed by atoms with Crippen molar-refractivity contribution < 1.29 is 4.74 Å². The maximum absolute atomic E-state index is 6.15. The molecule has 2 nitrogen and oxygen atoms in total. The van der Waals surface area contributed by atoms with Crippen LogP contribution in [0.5, 0.6) is 5.75 Å². The molecular weight excluding hydrogens is 337 g/mol. The molecule has 3 aromatic rings. The van der Waals surface area contributed by atoms with Gasteiger partial charge in [0.15, 0.2) is 0 Å². The fraction of sp³-hybridized carbons (Fsp3) is 0.174. The van der Waals surface area contributed by atoms with Gasteiger partial charge in [0, 0.05) is 24.1 Å². The molecule has 0 aliphatic rings. The Balaban J connectivity index is 1.87. The standard InChI is InChI=1S/C23H24NOP/c1-17-10-12-22(20(13-17)15-24-3)26-23-14-18(2)9-11-21(23)25-16-19-7-5-4-6-8-19/h4-15,26H,16H2,1-3H3. The SMILES string of the molecule is CN=Cc1cc(C)ccc1Pc1cc(C)ccc1OCc1ccccc1. The molecule has 3 aromatic carbocycles. The van der Waals surface area contributed by atoms with Gasteiger partial charge < -0.3 is 4.74 Å². The molecule has 26 heavy (non-hydrogen) atoms. The molecule has 0 saturated carbocycles. The van der Waals surface area contributed by atoms with Crippen molar-refractivity contribution in [1.29, 1.82) is 0 Å². The third-order valence-corrected chi connectivity index (χ3v) is 5.50. The second-order valence-corrected chi connectivity index (χ2v) is 7.70. The number of ether oxygens (including phenoxy) is 1. The minimum atomic E-state index is 0.528. The maximum Gasteiger partial charge on any atom is 0.127 e. The van der Waals surface area contributed by atoms with Gasteiger partial charge in [0.25, 0.3) is 0 Å². The molecule has 1 atom stereocenters. The molecule has 3 heteroatoms. The van der Waals surface area contributed by atoms with Crippen molar-refractivity contribution in [2.75, 3.05) is 7.05 Å². The van der Waals surface area contributed by atoms with Crippen LogP contribution < -0.4 is 15.3 Å². The number of benzene rings is 3. The van der Waals surface area contributed by atoms with Crippen LogP contribution in [0.4, 0.5) is 0 Å². The Morgan fingerprint density at radius 1 is 0.885 bits per heavy atom. The Morgan fingerprint density at radius 3 is 2.38 bits per heavy atom. The van der Waals surface area contributed by atoms with E-state index in [0.29, 0.717) is 15.2 Å². The van der Waals surface area contributed by atoms with E-state index in [1.165, 1.54) is 32.9 Å². The lowest BCUT2D eigenvalue weighted by molar-refractivity contribution is 0.309. The van der Waals surface area contributed by atoms with E-state index in [9.17, 15) is 0 Å². The minimum absolute atomic E-state index is 0.528. The Bertz CT molecular complexity index is 903. The molecule has 132 valence electrons. The summed E-state index contributed by atoms with van der Waals surface area (Å²) >= 11 is 0. The van der Waals surface area contributed by atoms with Crippen LogP contribution in [-0.4, -0.2) is 13.3 Å². The molecule has 1 unspecified atom stereocenters. The third-order valence-electron chi connectivity index (χ3n) is 4.12. The van der Waals surface area contributed by atoms with E-state index in [-0.39, 0.29) is 0 Å². The second kappa shape index (κ2) is 8.78. The van der Waals surface area contributed by atoms with Gasteiger partial charge >= 0.3 is 0 Å². The van der Waals surface area contributed by atoms with Crippen LogP contribution >= 0.6 is 8.58 Å². The highest BCUT2D eigenvalue weighted by molar-refractivity contribution is 7.56. The third kappa shape index (κ3) is 4.80. The summed E-state index contributed by atoms with van der Waals surface area (Å²) in [5, 5.41) is 2.52. The van der Waals surface area contributed by atoms with Crippen LogP contribution in [0.1, 0.15) is 22.3 Å². The van der Waals surface area contributed by atoms with Gasteiger partial charge in [0.05, 0.1) is 0 Å². The minimum Gasteiger partial charge on any atom is -0.488 e. The highest BCUT2D eigenvalue weighted by Gasteiger charge is 2.09. The average Bonchev–Trinajstić information content (AvgIpc) is 2.64. The summed E-state index contributed by atoms with van der Waals surface area (Å²) in [6, 6.07) is 23.3. The van der Waals surface area contributed by atoms with Gasteiger partial charge in [0.1, 0.15) is 12.4 Å². The largest absolute Gasteiger partial charge is 0.488 e. The van der Waals surface area contributed by atoms with Gasteiger partial charge in [-0.1, -0.05) is 68.2 Å². The zero-order chi connectivity index (χ0) is 18.4. The molecule has 0 amide bonds. The van der Waals surface area contributed by atoms with E-state index >= 15 is 0 Å². The van der Waals surface area contributed by atoms with Crippen LogP contribution in [0.2, 0.25) is 0 Å². The summed E-state index contributed by atoms with van der Waals surface area (Å²) < 4.78 is 6.15. The van der Waals surface area contributed by atoms with Gasteiger partial charge in [-0.05, 0) is 42.9 Å². The Hall–Kier alpha value is -2.44. The Kier molecular flexibility index (Phi) is 6.20. The highest BCUT2D eigenvalue weighted by Crippen LogP contribution is 2.23. The van der Waals surface area contributed by atoms with Gasteiger partial charge in [-0.25, -0.2) is 0 Å². The van der Waals surface area contributed by atoms with Gasteiger partial charge in [-0.15, -0.1) is 0 Å². The Morgan fingerprint density at radius 2 is 1.62 bits per heavy atom. The van der Waals surface area contributed by atoms with Crippen molar-refractivity contribution in [2.24, 2.45) is 4.99 Å². The van der Waals surface area contributed by atoms with Crippen LogP contribution in [-0.2, 0) is 6.61 Å². The molecule has 0 aliphatic carbocycles. The van der Waals surface area contributed by atoms with E-state index in [0.717, 1.165) is 5.75 Å². The first-order chi connectivity index (χ1) is 12.7. The van der Waals surface area contributed by atoms with Crippen molar-refractivity contribution in [3.63, 3.8) is 0 Å². The summed E-state index contributed by atoms with van der Waals surface area (Å²) in [6.45, 7) is 4.82. The van der Waals surface area contributed by atoms with Gasteiger partial charge in [-0.2, -0.15) is 0 Å². The summed E-state index contributed by atoms with van der Waals surface area (Å²) in [5.74, 6) is 0.956. The zero-order valence-electron chi connectivity index (χ0n) is 15.5. The topological polar surface area (TPSA) is 21.6 Å². The number of aliphatic imine (C=N–C) groups is 1. The summed E-state index contributed by atoms with van der Waals surface area (Å²) in [4.78, 5) is 4.21. The summed E-state index contributed by atoms with van der Waals surface area (Å²) in [5.41, 5.74) is 4.86. The fourth-order valence-electron chi connectivity index (χ4n) is 2.79. The quantitative estimate of drug-likeness (QED) is 0.466. The summed E-state index contributed by atoms with van der Waals surface area (Å²) in [6.07, 6.45) is 1.94. The fourth-order valence-corrected chi connectivity index (χ4v) is 4.11. The molecule has 0 N–H and O–H groups in total. The lowest BCUT2D eigenvalue weighted by Crippen LogP contribution is -2.12. The van der Waals surface area contributed by atoms with E-state index in [1.807, 2.05) is 31.5 Å². The first kappa shape index (κ1) is 18.4. The van der Waals surface area contributed by atoms with Crippen molar-refractivity contribution in [2.45, 2.75) is 20.5 Å². The molecule has 0 heterocycles. The number of aryl methyl sites for hydroxylation is 2. The highest BCUT2D eigenvalue weighted by atomic mass is 31.1. The van der Waals surface area contributed by atoms with Crippen molar-refractivity contribution in [1.82, 2.24) is 0 Å². The molecule has 3 rings (SSSR count). The normalized spacial score (nSPS) is 11.5. The number of hydrogen-bond donors (Lipinski definition) is 0. The molecule has 0 bridgehead atoms. The molecule has 0 aromatic heterocycles. The smallest absolute Gasteiger partial charge is 0.127 e. The number of rotatable bonds is 6. The average molecular weight is 361 g/mol. The zero-order valence-corrected chi connectivity index (χ0v) is 16.5. The maximum atomic E-state index is 6.15. The lowest BCUT2D eigenvalue weighted by atomic mass is 10.1. The van der Waals surface area contributed by atoms with Crippen LogP contribution in [0.15, 0.2) is 71.7 Å². The Labute approximate surface area is 157 Å². The van der Waals surface area contributed by atoms with E-state index in [1.54, 1.807) is 0 Å². The van der Waals surface area contributed by atoms with Crippen LogP contribution in [0.25, 0.3) is 0 Å². The molecule has 0 fully saturated rings. The lowest BCUT2D eigenvalue weighted by Gasteiger charge is -2.14. The summed E-state index contributed by atoms with van der Waals surface area (Å²) in [7, 11) is 2.34. The monoisotopic (exact) mass is 361 g/mol. The van der Waals surface area contributed by atoms with E-state index in [4.69, 9.17) is 4.74 Å². The van der Waals surface area contributed by atoms with E-state index < -0.39 is 0 Å². The van der Waals surface area contributed by atoms with Gasteiger partial charge in [-0.3, -0.25) is 4.99 Å². The number of hydrogen-bond acceptors (Lipinski definition) is 2. The van der Waals surface area contributed by atoms with Crippen molar-refractivity contribution >= 4 is 25.4 Å². The molecule has 0 radical (unpaired) electrons. The second-order valence-electron chi connectivity index (χ2n) is 6.38. The van der Waals surface area contributed by atoms with E-state index in [2.05, 4.69) is 67.4 Å². The molecule has 0 aliphatic heterocycles. The van der Waals surface area contributed by atoms with Crippen LogP contribution in [0.3, 0.4) is 0 Å². The molecule has 0 spiro atoms. The first-order valence-electron chi connectivity index (χ1n) is 8.73. The molecule has 0 saturated heterocycles. The number of nitrogens with zero attached hydrogens (tertiary/aromatic N) is 1.